The largest absolute Gasteiger partial charge is 0.339 e. The van der Waals surface area contributed by atoms with Gasteiger partial charge in [0.15, 0.2) is 0 Å². The molecule has 6 nitrogen and oxygen atoms in total. The number of halogens is 1. The summed E-state index contributed by atoms with van der Waals surface area (Å²) in [5.41, 5.74) is 8.73. The van der Waals surface area contributed by atoms with Crippen LogP contribution in [0.5, 0.6) is 0 Å². The molecule has 3 aromatic rings. The Morgan fingerprint density at radius 1 is 1.23 bits per heavy atom. The van der Waals surface area contributed by atoms with E-state index in [1.807, 2.05) is 48.3 Å². The highest BCUT2D eigenvalue weighted by Gasteiger charge is 2.08. The molecule has 0 radical (unpaired) electrons. The quantitative estimate of drug-likeness (QED) is 0.780. The first-order valence-electron chi connectivity index (χ1n) is 6.85. The molecular weight excluding hydrogens is 302 g/mol. The first kappa shape index (κ1) is 16.2. The summed E-state index contributed by atoms with van der Waals surface area (Å²) in [5.74, 6) is 1.21. The number of nitrogens with zero attached hydrogens (tertiary/aromatic N) is 4. The number of hydrogen-bond acceptors (Lipinski definition) is 5. The molecule has 2 aromatic heterocycles. The molecule has 3 rings (SSSR count). The van der Waals surface area contributed by atoms with Gasteiger partial charge in [-0.3, -0.25) is 4.68 Å². The third-order valence-corrected chi connectivity index (χ3v) is 3.23. The van der Waals surface area contributed by atoms with Gasteiger partial charge in [-0.1, -0.05) is 29.4 Å². The minimum Gasteiger partial charge on any atom is -0.339 e. The van der Waals surface area contributed by atoms with Crippen LogP contribution in [-0.4, -0.2) is 19.9 Å². The lowest BCUT2D eigenvalue weighted by Gasteiger charge is -1.97. The van der Waals surface area contributed by atoms with Crippen molar-refractivity contribution >= 4 is 12.4 Å². The molecule has 2 heterocycles. The molecule has 22 heavy (non-hydrogen) atoms. The summed E-state index contributed by atoms with van der Waals surface area (Å²) in [6, 6.07) is 7.84. The summed E-state index contributed by atoms with van der Waals surface area (Å²) in [6.45, 7) is 3.27. The van der Waals surface area contributed by atoms with Crippen LogP contribution in [0.1, 0.15) is 17.0 Å². The van der Waals surface area contributed by atoms with Crippen molar-refractivity contribution in [3.63, 3.8) is 0 Å². The van der Waals surface area contributed by atoms with Gasteiger partial charge in [0.05, 0.1) is 6.20 Å². The van der Waals surface area contributed by atoms with Gasteiger partial charge in [0.2, 0.25) is 11.7 Å². The number of hydrogen-bond donors (Lipinski definition) is 1. The van der Waals surface area contributed by atoms with Gasteiger partial charge in [-0.15, -0.1) is 12.4 Å². The molecule has 0 spiro atoms. The summed E-state index contributed by atoms with van der Waals surface area (Å²) in [7, 11) is 0. The predicted octanol–water partition coefficient (Wildman–Crippen LogP) is 2.36. The average Bonchev–Trinajstić information content (AvgIpc) is 3.14. The SMILES string of the molecule is Cc1cnn(CCc2nc(-c3ccc(CN)cc3)no2)c1.Cl. The van der Waals surface area contributed by atoms with Gasteiger partial charge in [0.25, 0.3) is 0 Å². The van der Waals surface area contributed by atoms with Gasteiger partial charge in [-0.2, -0.15) is 10.1 Å². The van der Waals surface area contributed by atoms with Crippen LogP contribution < -0.4 is 5.73 Å². The van der Waals surface area contributed by atoms with E-state index in [1.165, 1.54) is 0 Å². The maximum atomic E-state index is 5.58. The van der Waals surface area contributed by atoms with Gasteiger partial charge in [-0.05, 0) is 18.1 Å². The van der Waals surface area contributed by atoms with Gasteiger partial charge in [0.1, 0.15) is 0 Å². The lowest BCUT2D eigenvalue weighted by Crippen LogP contribution is -2.01. The van der Waals surface area contributed by atoms with Crippen LogP contribution in [0.4, 0.5) is 0 Å². The topological polar surface area (TPSA) is 82.8 Å². The maximum absolute atomic E-state index is 5.58. The number of rotatable bonds is 5. The molecule has 0 saturated heterocycles. The lowest BCUT2D eigenvalue weighted by atomic mass is 10.1. The summed E-state index contributed by atoms with van der Waals surface area (Å²) < 4.78 is 7.15. The van der Waals surface area contributed by atoms with Gasteiger partial charge in [0, 0.05) is 31.3 Å². The first-order valence-corrected chi connectivity index (χ1v) is 6.85. The summed E-state index contributed by atoms with van der Waals surface area (Å²) in [6.07, 6.45) is 4.48. The third kappa shape index (κ3) is 3.72. The Bertz CT molecular complexity index is 720. The summed E-state index contributed by atoms with van der Waals surface area (Å²) in [4.78, 5) is 4.41. The van der Waals surface area contributed by atoms with Crippen molar-refractivity contribution in [1.29, 1.82) is 0 Å². The molecule has 1 aromatic carbocycles. The van der Waals surface area contributed by atoms with Crippen LogP contribution in [0.3, 0.4) is 0 Å². The molecule has 7 heteroatoms. The van der Waals surface area contributed by atoms with Crippen LogP contribution in [0, 0.1) is 6.92 Å². The molecule has 0 aliphatic rings. The van der Waals surface area contributed by atoms with E-state index in [4.69, 9.17) is 10.3 Å². The molecule has 0 aliphatic heterocycles. The zero-order valence-electron chi connectivity index (χ0n) is 12.3. The zero-order chi connectivity index (χ0) is 14.7. The van der Waals surface area contributed by atoms with Gasteiger partial charge in [-0.25, -0.2) is 0 Å². The molecule has 116 valence electrons. The molecule has 0 unspecified atom stereocenters. The van der Waals surface area contributed by atoms with E-state index in [0.717, 1.165) is 23.2 Å². The molecular formula is C15H18ClN5O. The summed E-state index contributed by atoms with van der Waals surface area (Å²) >= 11 is 0. The fourth-order valence-electron chi connectivity index (χ4n) is 2.06. The number of benzene rings is 1. The highest BCUT2D eigenvalue weighted by molar-refractivity contribution is 5.85. The standard InChI is InChI=1S/C15H17N5O.ClH/c1-11-9-17-20(10-11)7-6-14-18-15(19-21-14)13-4-2-12(8-16)3-5-13;/h2-5,9-10H,6-8,16H2,1H3;1H. The Balaban J connectivity index is 0.00000176. The van der Waals surface area contributed by atoms with Crippen LogP contribution in [-0.2, 0) is 19.5 Å². The fourth-order valence-corrected chi connectivity index (χ4v) is 2.06. The van der Waals surface area contributed by atoms with Crippen LogP contribution in [0.2, 0.25) is 0 Å². The first-order chi connectivity index (χ1) is 10.2. The smallest absolute Gasteiger partial charge is 0.228 e. The molecule has 0 bridgehead atoms. The zero-order valence-corrected chi connectivity index (χ0v) is 13.1. The Labute approximate surface area is 134 Å². The Morgan fingerprint density at radius 2 is 2.00 bits per heavy atom. The van der Waals surface area contributed by atoms with Crippen molar-refractivity contribution in [3.8, 4) is 11.4 Å². The molecule has 0 amide bonds. The van der Waals surface area contributed by atoms with Gasteiger partial charge >= 0.3 is 0 Å². The second-order valence-electron chi connectivity index (χ2n) is 4.94. The fraction of sp³-hybridized carbons (Fsp3) is 0.267. The van der Waals surface area contributed by atoms with E-state index in [0.29, 0.717) is 24.7 Å². The van der Waals surface area contributed by atoms with E-state index < -0.39 is 0 Å². The normalized spacial score (nSPS) is 10.5. The second kappa shape index (κ2) is 7.20. The van der Waals surface area contributed by atoms with Crippen LogP contribution in [0.15, 0.2) is 41.2 Å². The number of aryl methyl sites for hydroxylation is 3. The van der Waals surface area contributed by atoms with Crippen molar-refractivity contribution in [2.24, 2.45) is 5.73 Å². The van der Waals surface area contributed by atoms with Gasteiger partial charge < -0.3 is 10.3 Å². The van der Waals surface area contributed by atoms with Crippen molar-refractivity contribution in [3.05, 3.63) is 53.7 Å². The number of nitrogens with two attached hydrogens (primary N) is 1. The van der Waals surface area contributed by atoms with E-state index >= 15 is 0 Å². The third-order valence-electron chi connectivity index (χ3n) is 3.23. The average molecular weight is 320 g/mol. The Kier molecular flexibility index (Phi) is 5.30. The molecule has 2 N–H and O–H groups in total. The molecule has 0 aliphatic carbocycles. The van der Waals surface area contributed by atoms with E-state index in [2.05, 4.69) is 15.2 Å². The van der Waals surface area contributed by atoms with E-state index in [9.17, 15) is 0 Å². The molecule has 0 saturated carbocycles. The Hall–Kier alpha value is -2.18. The minimum absolute atomic E-state index is 0. The lowest BCUT2D eigenvalue weighted by molar-refractivity contribution is 0.369. The molecule has 0 atom stereocenters. The summed E-state index contributed by atoms with van der Waals surface area (Å²) in [5, 5.41) is 8.24. The van der Waals surface area contributed by atoms with Crippen LogP contribution >= 0.6 is 12.4 Å². The molecule has 0 fully saturated rings. The second-order valence-corrected chi connectivity index (χ2v) is 4.94. The van der Waals surface area contributed by atoms with E-state index in [-0.39, 0.29) is 12.4 Å². The minimum atomic E-state index is 0. The van der Waals surface area contributed by atoms with Crippen molar-refractivity contribution < 1.29 is 4.52 Å². The Morgan fingerprint density at radius 3 is 2.64 bits per heavy atom. The van der Waals surface area contributed by atoms with Crippen molar-refractivity contribution in [2.45, 2.75) is 26.4 Å². The highest BCUT2D eigenvalue weighted by Crippen LogP contribution is 2.16. The highest BCUT2D eigenvalue weighted by atomic mass is 35.5. The van der Waals surface area contributed by atoms with Crippen molar-refractivity contribution in [1.82, 2.24) is 19.9 Å². The monoisotopic (exact) mass is 319 g/mol. The maximum Gasteiger partial charge on any atom is 0.228 e. The van der Waals surface area contributed by atoms with Crippen molar-refractivity contribution in [2.75, 3.05) is 0 Å². The van der Waals surface area contributed by atoms with E-state index in [1.54, 1.807) is 0 Å². The number of aromatic nitrogens is 4. The van der Waals surface area contributed by atoms with Crippen LogP contribution in [0.25, 0.3) is 11.4 Å². The predicted molar refractivity (Wildman–Crippen MR) is 85.5 cm³/mol.